The van der Waals surface area contributed by atoms with E-state index in [9.17, 15) is 38.0 Å². The lowest BCUT2D eigenvalue weighted by Gasteiger charge is -2.49. The number of carbonyl (C=O) groups excluding carboxylic acids is 4. The fourth-order valence-electron chi connectivity index (χ4n) is 8.47. The molecule has 0 bridgehead atoms. The zero-order valence-electron chi connectivity index (χ0n) is 33.0. The highest BCUT2D eigenvalue weighted by Gasteiger charge is 2.61. The Bertz CT molecular complexity index is 1830. The number of sulfone groups is 1. The predicted molar refractivity (Wildman–Crippen MR) is 211 cm³/mol. The van der Waals surface area contributed by atoms with E-state index in [2.05, 4.69) is 5.32 Å². The normalized spacial score (nSPS) is 19.8. The SMILES string of the molecule is CC(=O)N(C(=O)[C@@H](N)Cc1ccccc1)[C@](CC(C)C)(C(=O)[C@@H](CC1CCCCC1)C(O)C(N)C(=O)NCC(C)C)[C@H]1CS(=O)(=O)c2cc([N+](=O)[O-])ccc21.O. The average molecular weight is 802 g/mol. The molecule has 0 aromatic heterocycles. The summed E-state index contributed by atoms with van der Waals surface area (Å²) in [6.45, 7) is 8.64. The molecule has 310 valence electrons. The van der Waals surface area contributed by atoms with Crippen LogP contribution in [0.2, 0.25) is 0 Å². The van der Waals surface area contributed by atoms with Gasteiger partial charge in [-0.3, -0.25) is 34.2 Å². The van der Waals surface area contributed by atoms with Gasteiger partial charge in [0.15, 0.2) is 15.6 Å². The number of carbonyl (C=O) groups is 4. The quantitative estimate of drug-likeness (QED) is 0.133. The zero-order chi connectivity index (χ0) is 40.8. The van der Waals surface area contributed by atoms with Gasteiger partial charge in [0.25, 0.3) is 5.69 Å². The van der Waals surface area contributed by atoms with E-state index in [1.165, 1.54) is 6.07 Å². The first-order valence-corrected chi connectivity index (χ1v) is 20.9. The summed E-state index contributed by atoms with van der Waals surface area (Å²) < 4.78 is 28.0. The molecular weight excluding hydrogens is 743 g/mol. The fourth-order valence-corrected chi connectivity index (χ4v) is 10.4. The summed E-state index contributed by atoms with van der Waals surface area (Å²) in [5, 5.41) is 26.6. The summed E-state index contributed by atoms with van der Waals surface area (Å²) in [4.78, 5) is 69.8. The van der Waals surface area contributed by atoms with Gasteiger partial charge < -0.3 is 27.4 Å². The van der Waals surface area contributed by atoms with Crippen molar-refractivity contribution in [1.82, 2.24) is 10.2 Å². The van der Waals surface area contributed by atoms with Crippen LogP contribution in [0.5, 0.6) is 0 Å². The number of nitrogens with zero attached hydrogens (tertiary/aromatic N) is 2. The van der Waals surface area contributed by atoms with Crippen LogP contribution in [-0.2, 0) is 35.4 Å². The van der Waals surface area contributed by atoms with Gasteiger partial charge in [-0.1, -0.05) is 96.2 Å². The molecule has 0 radical (unpaired) electrons. The van der Waals surface area contributed by atoms with Gasteiger partial charge in [0.1, 0.15) is 11.6 Å². The number of fused-ring (bicyclic) bond motifs is 1. The number of non-ortho nitro benzene ring substituents is 1. The number of rotatable bonds is 17. The second-order valence-electron chi connectivity index (χ2n) is 16.2. The number of aliphatic hydroxyl groups excluding tert-OH is 1. The average Bonchev–Trinajstić information content (AvgIpc) is 3.41. The number of imide groups is 1. The van der Waals surface area contributed by atoms with E-state index in [-0.39, 0.29) is 53.6 Å². The van der Waals surface area contributed by atoms with Crippen molar-refractivity contribution in [3.8, 4) is 0 Å². The van der Waals surface area contributed by atoms with E-state index < -0.39 is 91.2 Å². The van der Waals surface area contributed by atoms with Crippen LogP contribution < -0.4 is 16.8 Å². The third-order valence-electron chi connectivity index (χ3n) is 11.0. The first-order valence-electron chi connectivity index (χ1n) is 19.2. The van der Waals surface area contributed by atoms with Crippen LogP contribution in [-0.4, -0.2) is 88.4 Å². The Hall–Kier alpha value is -4.09. The number of hydrogen-bond acceptors (Lipinski definition) is 11. The molecule has 8 N–H and O–H groups in total. The first kappa shape index (κ1) is 46.3. The smallest absolute Gasteiger partial charge is 0.270 e. The number of nitrogens with one attached hydrogen (secondary N) is 1. The number of hydrogen-bond donors (Lipinski definition) is 4. The molecule has 0 spiro atoms. The molecule has 4 rings (SSSR count). The van der Waals surface area contributed by atoms with Gasteiger partial charge in [0, 0.05) is 37.4 Å². The number of nitro groups is 1. The van der Waals surface area contributed by atoms with E-state index in [4.69, 9.17) is 11.5 Å². The first-order chi connectivity index (χ1) is 25.8. The highest BCUT2D eigenvalue weighted by molar-refractivity contribution is 7.91. The fraction of sp³-hybridized carbons (Fsp3) is 0.600. The predicted octanol–water partition coefficient (Wildman–Crippen LogP) is 2.99. The molecule has 2 aliphatic rings. The highest BCUT2D eigenvalue weighted by atomic mass is 32.2. The van der Waals surface area contributed by atoms with Gasteiger partial charge in [-0.25, -0.2) is 8.42 Å². The third kappa shape index (κ3) is 10.3. The van der Waals surface area contributed by atoms with Crippen LogP contribution in [0.15, 0.2) is 53.4 Å². The number of nitrogens with two attached hydrogens (primary N) is 2. The zero-order valence-corrected chi connectivity index (χ0v) is 33.8. The maximum Gasteiger partial charge on any atom is 0.270 e. The maximum atomic E-state index is 16.0. The van der Waals surface area contributed by atoms with E-state index in [1.54, 1.807) is 44.2 Å². The van der Waals surface area contributed by atoms with Gasteiger partial charge >= 0.3 is 0 Å². The molecule has 0 saturated heterocycles. The van der Waals surface area contributed by atoms with Gasteiger partial charge in [0.05, 0.1) is 27.7 Å². The Balaban J connectivity index is 0.00000841. The standard InChI is InChI=1S/C40H57N5O9S.H2O/c1-24(2)21-40(32-23-55(53,54)34-20-29(45(51)52)16-17-30(32)34,44(26(5)46)39(50)33(41)19-28-14-10-7-11-15-28)37(48)31(18-27-12-8-6-9-13-27)36(47)35(42)38(49)43-22-25(3)4;/h7,10-11,14-17,20,24-25,27,31-33,35-36,47H,6,8-9,12-13,18-19,21-23,41-42H2,1-5H3,(H,43,49);1H2/t31-,32-,33-,35?,36?,40-;/m0./s1. The topological polar surface area (TPSA) is 265 Å². The second kappa shape index (κ2) is 19.4. The summed E-state index contributed by atoms with van der Waals surface area (Å²) in [6.07, 6.45) is 2.20. The lowest BCUT2D eigenvalue weighted by Crippen LogP contribution is -2.68. The van der Waals surface area contributed by atoms with E-state index in [0.29, 0.717) is 5.56 Å². The molecule has 56 heavy (non-hydrogen) atoms. The molecule has 3 amide bonds. The van der Waals surface area contributed by atoms with Crippen molar-refractivity contribution >= 4 is 39.0 Å². The van der Waals surface area contributed by atoms with Crippen LogP contribution in [0.3, 0.4) is 0 Å². The van der Waals surface area contributed by atoms with Gasteiger partial charge in [-0.2, -0.15) is 0 Å². The number of aliphatic hydroxyl groups is 1. The highest BCUT2D eigenvalue weighted by Crippen LogP contribution is 2.50. The van der Waals surface area contributed by atoms with Gasteiger partial charge in [-0.15, -0.1) is 0 Å². The minimum Gasteiger partial charge on any atom is -0.412 e. The van der Waals surface area contributed by atoms with Crippen molar-refractivity contribution in [2.75, 3.05) is 12.3 Å². The molecule has 1 aliphatic heterocycles. The summed E-state index contributed by atoms with van der Waals surface area (Å²) in [5.41, 5.74) is 11.0. The van der Waals surface area contributed by atoms with E-state index >= 15 is 4.79 Å². The van der Waals surface area contributed by atoms with Crippen LogP contribution >= 0.6 is 0 Å². The Morgan fingerprint density at radius 3 is 2.18 bits per heavy atom. The van der Waals surface area contributed by atoms with Gasteiger partial charge in [-0.05, 0) is 48.1 Å². The molecule has 1 fully saturated rings. The number of ketones is 1. The Morgan fingerprint density at radius 1 is 1.00 bits per heavy atom. The van der Waals surface area contributed by atoms with Crippen molar-refractivity contribution in [2.45, 2.75) is 121 Å². The van der Waals surface area contributed by atoms with Gasteiger partial charge in [0.2, 0.25) is 17.7 Å². The monoisotopic (exact) mass is 801 g/mol. The minimum absolute atomic E-state index is 0. The van der Waals surface area contributed by atoms with Crippen molar-refractivity contribution < 1.29 is 43.1 Å². The summed E-state index contributed by atoms with van der Waals surface area (Å²) >= 11 is 0. The molecule has 2 aromatic carbocycles. The Morgan fingerprint density at radius 2 is 1.62 bits per heavy atom. The Labute approximate surface area is 329 Å². The van der Waals surface area contributed by atoms with Crippen LogP contribution in [0.1, 0.15) is 96.6 Å². The summed E-state index contributed by atoms with van der Waals surface area (Å²) in [5.74, 6) is -7.38. The molecule has 6 atom stereocenters. The molecule has 15 nitrogen and oxygen atoms in total. The number of Topliss-reactive ketones (excluding diaryl/α,β-unsaturated/α-hetero) is 1. The number of nitro benzene ring substituents is 1. The van der Waals surface area contributed by atoms with E-state index in [0.717, 1.165) is 56.1 Å². The molecule has 1 aliphatic carbocycles. The number of amides is 3. The molecular formula is C40H59N5O10S. The van der Waals surface area contributed by atoms with E-state index in [1.807, 2.05) is 13.8 Å². The lowest BCUT2D eigenvalue weighted by atomic mass is 9.65. The Kier molecular flexibility index (Phi) is 16.0. The summed E-state index contributed by atoms with van der Waals surface area (Å²) in [6, 6.07) is 9.20. The summed E-state index contributed by atoms with van der Waals surface area (Å²) in [7, 11) is -4.32. The van der Waals surface area contributed by atoms with Crippen molar-refractivity contribution in [2.24, 2.45) is 35.1 Å². The molecule has 1 saturated carbocycles. The molecule has 1 heterocycles. The molecule has 2 aromatic rings. The second-order valence-corrected chi connectivity index (χ2v) is 18.2. The third-order valence-corrected chi connectivity index (χ3v) is 12.8. The van der Waals surface area contributed by atoms with Crippen LogP contribution in [0.4, 0.5) is 5.69 Å². The number of benzene rings is 2. The molecule has 2 unspecified atom stereocenters. The van der Waals surface area contributed by atoms with Crippen molar-refractivity contribution in [1.29, 1.82) is 0 Å². The van der Waals surface area contributed by atoms with Crippen LogP contribution in [0.25, 0.3) is 0 Å². The van der Waals surface area contributed by atoms with Crippen LogP contribution in [0, 0.1) is 33.8 Å². The minimum atomic E-state index is -4.32. The van der Waals surface area contributed by atoms with Crippen molar-refractivity contribution in [3.05, 3.63) is 69.8 Å². The van der Waals surface area contributed by atoms with Crippen molar-refractivity contribution in [3.63, 3.8) is 0 Å². The largest absolute Gasteiger partial charge is 0.412 e. The molecule has 16 heteroatoms. The lowest BCUT2D eigenvalue weighted by molar-refractivity contribution is -0.385. The maximum absolute atomic E-state index is 16.0.